The van der Waals surface area contributed by atoms with Crippen LogP contribution >= 0.6 is 7.60 Å². The Morgan fingerprint density at radius 3 is 2.66 bits per heavy atom. The number of rotatable bonds is 7. The number of primary amides is 1. The number of methoxy groups -OCH3 is 1. The summed E-state index contributed by atoms with van der Waals surface area (Å²) in [6.45, 7) is 1.03. The number of pyridine rings is 1. The lowest BCUT2D eigenvalue weighted by Gasteiger charge is -2.33. The van der Waals surface area contributed by atoms with E-state index in [1.165, 1.54) is 13.3 Å². The van der Waals surface area contributed by atoms with Gasteiger partial charge in [-0.15, -0.1) is 0 Å². The van der Waals surface area contributed by atoms with Crippen LogP contribution in [0, 0.1) is 5.92 Å². The van der Waals surface area contributed by atoms with Gasteiger partial charge in [0.15, 0.2) is 0 Å². The first-order valence-corrected chi connectivity index (χ1v) is 11.0. The van der Waals surface area contributed by atoms with E-state index < -0.39 is 19.1 Å². The van der Waals surface area contributed by atoms with Gasteiger partial charge in [-0.05, 0) is 31.2 Å². The second-order valence-corrected chi connectivity index (χ2v) is 8.91. The molecule has 158 valence electrons. The zero-order valence-electron chi connectivity index (χ0n) is 16.0. The standard InChI is InChI=1S/C17H24N5O6P/c1-28-16-15-12(9-19-22(17(15)24)10-13(18)23)8-14(20-16)21-5-2-11(3-6-21)4-7-29(25,26)27/h8-9,11H,2-7,10H2,1H3,(H2,18,23)(H2,25,26,27). The van der Waals surface area contributed by atoms with Crippen molar-refractivity contribution in [3.63, 3.8) is 0 Å². The van der Waals surface area contributed by atoms with Crippen LogP contribution in [0.2, 0.25) is 0 Å². The third-order valence-electron chi connectivity index (χ3n) is 5.05. The van der Waals surface area contributed by atoms with E-state index in [-0.39, 0.29) is 29.9 Å². The maximum Gasteiger partial charge on any atom is 0.325 e. The van der Waals surface area contributed by atoms with Gasteiger partial charge in [-0.1, -0.05) is 0 Å². The van der Waals surface area contributed by atoms with E-state index >= 15 is 0 Å². The fraction of sp³-hybridized carbons (Fsp3) is 0.529. The minimum absolute atomic E-state index is 0.0943. The molecule has 0 aromatic carbocycles. The zero-order chi connectivity index (χ0) is 21.2. The van der Waals surface area contributed by atoms with Crippen LogP contribution < -0.4 is 20.9 Å². The summed E-state index contributed by atoms with van der Waals surface area (Å²) in [5.41, 5.74) is 4.64. The summed E-state index contributed by atoms with van der Waals surface area (Å²) in [5, 5.41) is 4.76. The van der Waals surface area contributed by atoms with Crippen LogP contribution in [0.5, 0.6) is 5.88 Å². The minimum atomic E-state index is -3.97. The van der Waals surface area contributed by atoms with Gasteiger partial charge in [0, 0.05) is 18.5 Å². The van der Waals surface area contributed by atoms with Crippen molar-refractivity contribution in [3.05, 3.63) is 22.6 Å². The molecule has 0 aliphatic carbocycles. The van der Waals surface area contributed by atoms with Crippen molar-refractivity contribution < 1.29 is 23.9 Å². The maximum absolute atomic E-state index is 12.6. The summed E-state index contributed by atoms with van der Waals surface area (Å²) >= 11 is 0. The number of anilines is 1. The molecule has 12 heteroatoms. The molecule has 1 amide bonds. The zero-order valence-corrected chi connectivity index (χ0v) is 16.9. The lowest BCUT2D eigenvalue weighted by molar-refractivity contribution is -0.118. The number of ether oxygens (including phenoxy) is 1. The molecule has 1 saturated heterocycles. The van der Waals surface area contributed by atoms with Crippen LogP contribution in [-0.4, -0.2) is 56.8 Å². The molecule has 3 heterocycles. The molecule has 11 nitrogen and oxygen atoms in total. The number of hydrogen-bond donors (Lipinski definition) is 3. The quantitative estimate of drug-likeness (QED) is 0.521. The normalized spacial score (nSPS) is 15.6. The molecule has 1 aliphatic heterocycles. The topological polar surface area (TPSA) is 161 Å². The van der Waals surface area contributed by atoms with E-state index in [4.69, 9.17) is 20.3 Å². The second kappa shape index (κ2) is 8.48. The van der Waals surface area contributed by atoms with Gasteiger partial charge in [0.05, 0.1) is 19.5 Å². The Bertz CT molecular complexity index is 1010. The first kappa shape index (κ1) is 21.2. The fourth-order valence-electron chi connectivity index (χ4n) is 3.53. The molecule has 0 bridgehead atoms. The molecule has 1 fully saturated rings. The Morgan fingerprint density at radius 2 is 2.07 bits per heavy atom. The van der Waals surface area contributed by atoms with Crippen molar-refractivity contribution >= 4 is 30.1 Å². The van der Waals surface area contributed by atoms with Gasteiger partial charge in [0.25, 0.3) is 5.56 Å². The fourth-order valence-corrected chi connectivity index (χ4v) is 4.23. The van der Waals surface area contributed by atoms with Crippen LogP contribution in [0.1, 0.15) is 19.3 Å². The summed E-state index contributed by atoms with van der Waals surface area (Å²) < 4.78 is 17.4. The molecule has 4 N–H and O–H groups in total. The highest BCUT2D eigenvalue weighted by Crippen LogP contribution is 2.38. The van der Waals surface area contributed by atoms with Crippen molar-refractivity contribution in [2.24, 2.45) is 11.7 Å². The van der Waals surface area contributed by atoms with Crippen molar-refractivity contribution in [2.45, 2.75) is 25.8 Å². The van der Waals surface area contributed by atoms with Crippen LogP contribution in [0.15, 0.2) is 17.1 Å². The highest BCUT2D eigenvalue weighted by atomic mass is 31.2. The molecule has 0 atom stereocenters. The SMILES string of the molecule is COc1nc(N2CCC(CCP(=O)(O)O)CC2)cc2cnn(CC(N)=O)c(=O)c12. The first-order valence-electron chi connectivity index (χ1n) is 9.20. The van der Waals surface area contributed by atoms with E-state index in [1.807, 2.05) is 4.90 Å². The minimum Gasteiger partial charge on any atom is -0.480 e. The number of piperidine rings is 1. The van der Waals surface area contributed by atoms with Gasteiger partial charge < -0.3 is 25.2 Å². The molecule has 0 radical (unpaired) electrons. The highest BCUT2D eigenvalue weighted by Gasteiger charge is 2.24. The average molecular weight is 425 g/mol. The third-order valence-corrected chi connectivity index (χ3v) is 5.89. The highest BCUT2D eigenvalue weighted by molar-refractivity contribution is 7.51. The monoisotopic (exact) mass is 425 g/mol. The lowest BCUT2D eigenvalue weighted by atomic mass is 9.94. The van der Waals surface area contributed by atoms with Gasteiger partial charge in [0.2, 0.25) is 11.8 Å². The predicted molar refractivity (Wildman–Crippen MR) is 106 cm³/mol. The molecule has 0 saturated carbocycles. The Balaban J connectivity index is 1.82. The van der Waals surface area contributed by atoms with E-state index in [2.05, 4.69) is 10.1 Å². The van der Waals surface area contributed by atoms with Gasteiger partial charge in [-0.3, -0.25) is 14.2 Å². The van der Waals surface area contributed by atoms with E-state index in [0.29, 0.717) is 30.7 Å². The van der Waals surface area contributed by atoms with Gasteiger partial charge in [-0.2, -0.15) is 10.1 Å². The van der Waals surface area contributed by atoms with Crippen molar-refractivity contribution in [2.75, 3.05) is 31.3 Å². The molecule has 0 spiro atoms. The molecule has 2 aromatic heterocycles. The van der Waals surface area contributed by atoms with Crippen molar-refractivity contribution in [1.82, 2.24) is 14.8 Å². The average Bonchev–Trinajstić information content (AvgIpc) is 2.67. The molecule has 2 aromatic rings. The lowest BCUT2D eigenvalue weighted by Crippen LogP contribution is -2.35. The second-order valence-electron chi connectivity index (χ2n) is 7.14. The molecule has 1 aliphatic rings. The van der Waals surface area contributed by atoms with Crippen LogP contribution in [0.3, 0.4) is 0 Å². The van der Waals surface area contributed by atoms with Crippen LogP contribution in [0.25, 0.3) is 10.8 Å². The summed E-state index contributed by atoms with van der Waals surface area (Å²) in [6, 6.07) is 1.75. The summed E-state index contributed by atoms with van der Waals surface area (Å²) in [6.07, 6.45) is 3.46. The van der Waals surface area contributed by atoms with Gasteiger partial charge in [-0.25, -0.2) is 4.68 Å². The molecular formula is C17H24N5O6P. The number of carbonyl (C=O) groups excluding carboxylic acids is 1. The van der Waals surface area contributed by atoms with Crippen LogP contribution in [-0.2, 0) is 15.9 Å². The van der Waals surface area contributed by atoms with Gasteiger partial charge >= 0.3 is 7.60 Å². The number of hydrogen-bond acceptors (Lipinski definition) is 7. The Morgan fingerprint density at radius 1 is 1.38 bits per heavy atom. The van der Waals surface area contributed by atoms with Crippen molar-refractivity contribution in [1.29, 1.82) is 0 Å². The first-order chi connectivity index (χ1) is 13.7. The largest absolute Gasteiger partial charge is 0.480 e. The number of amides is 1. The van der Waals surface area contributed by atoms with E-state index in [9.17, 15) is 14.2 Å². The van der Waals surface area contributed by atoms with E-state index in [0.717, 1.165) is 17.5 Å². The van der Waals surface area contributed by atoms with Gasteiger partial charge in [0.1, 0.15) is 17.7 Å². The van der Waals surface area contributed by atoms with Crippen LogP contribution in [0.4, 0.5) is 5.82 Å². The maximum atomic E-state index is 12.6. The summed E-state index contributed by atoms with van der Waals surface area (Å²) in [5.74, 6) is 0.358. The molecular weight excluding hydrogens is 401 g/mol. The molecule has 0 unspecified atom stereocenters. The number of nitrogens with two attached hydrogens (primary N) is 1. The Kier molecular flexibility index (Phi) is 6.21. The van der Waals surface area contributed by atoms with Crippen molar-refractivity contribution in [3.8, 4) is 5.88 Å². The number of carbonyl (C=O) groups is 1. The van der Waals surface area contributed by atoms with E-state index in [1.54, 1.807) is 6.07 Å². The molecule has 3 rings (SSSR count). The summed E-state index contributed by atoms with van der Waals surface area (Å²) in [4.78, 5) is 48.3. The Labute approximate surface area is 166 Å². The number of aromatic nitrogens is 3. The Hall–Kier alpha value is -2.49. The predicted octanol–water partition coefficient (Wildman–Crippen LogP) is 0.0696. The third kappa shape index (κ3) is 5.11. The number of fused-ring (bicyclic) bond motifs is 1. The number of nitrogens with zero attached hydrogens (tertiary/aromatic N) is 4. The molecule has 29 heavy (non-hydrogen) atoms. The smallest absolute Gasteiger partial charge is 0.325 e. The summed E-state index contributed by atoms with van der Waals surface area (Å²) in [7, 11) is -2.56.